The van der Waals surface area contributed by atoms with Crippen molar-refractivity contribution in [3.05, 3.63) is 11.9 Å². The highest BCUT2D eigenvalue weighted by Crippen LogP contribution is 2.23. The van der Waals surface area contributed by atoms with Gasteiger partial charge in [-0.1, -0.05) is 6.08 Å². The highest BCUT2D eigenvalue weighted by Gasteiger charge is 2.25. The van der Waals surface area contributed by atoms with Gasteiger partial charge < -0.3 is 0 Å². The fraction of sp³-hybridized carbons (Fsp3) is 0.571. The predicted octanol–water partition coefficient (Wildman–Crippen LogP) is 1.68. The maximum Gasteiger partial charge on any atom is 0.235 e. The summed E-state index contributed by atoms with van der Waals surface area (Å²) in [4.78, 5) is 12.9. The van der Waals surface area contributed by atoms with E-state index in [1.807, 2.05) is 0 Å². The van der Waals surface area contributed by atoms with E-state index >= 15 is 0 Å². The van der Waals surface area contributed by atoms with E-state index in [1.165, 1.54) is 12.2 Å². The van der Waals surface area contributed by atoms with Crippen LogP contribution in [0.3, 0.4) is 0 Å². The van der Waals surface area contributed by atoms with Gasteiger partial charge in [0, 0.05) is 6.42 Å². The number of nitrogens with zero attached hydrogens (tertiary/aromatic N) is 1. The van der Waals surface area contributed by atoms with Crippen LogP contribution in [0.4, 0.5) is 8.78 Å². The molecule has 0 aromatic carbocycles. The first-order valence-electron chi connectivity index (χ1n) is 3.29. The number of halogens is 2. The Balaban J connectivity index is 2.65. The lowest BCUT2D eigenvalue weighted by molar-refractivity contribution is 0.254. The van der Waals surface area contributed by atoms with Gasteiger partial charge >= 0.3 is 0 Å². The fourth-order valence-corrected chi connectivity index (χ4v) is 1.00. The Morgan fingerprint density at radius 1 is 1.73 bits per heavy atom. The minimum atomic E-state index is -1.37. The number of rotatable bonds is 1. The lowest BCUT2D eigenvalue weighted by Gasteiger charge is -2.17. The molecule has 0 amide bonds. The lowest BCUT2D eigenvalue weighted by atomic mass is 10.00. The summed E-state index contributed by atoms with van der Waals surface area (Å²) in [5.74, 6) is -0.463. The molecule has 2 nitrogen and oxygen atoms in total. The molecule has 0 fully saturated rings. The van der Waals surface area contributed by atoms with Gasteiger partial charge in [0.1, 0.15) is 6.17 Å². The van der Waals surface area contributed by atoms with Crippen LogP contribution >= 0.6 is 0 Å². The van der Waals surface area contributed by atoms with Crippen LogP contribution < -0.4 is 0 Å². The molecule has 0 saturated heterocycles. The van der Waals surface area contributed by atoms with E-state index in [2.05, 4.69) is 4.99 Å². The molecule has 0 aromatic heterocycles. The maximum atomic E-state index is 12.7. The molecule has 0 N–H and O–H groups in total. The highest BCUT2D eigenvalue weighted by molar-refractivity contribution is 5.34. The van der Waals surface area contributed by atoms with Crippen molar-refractivity contribution in [2.45, 2.75) is 25.1 Å². The molecule has 0 heterocycles. The molecule has 1 rings (SSSR count). The number of hydrogen-bond donors (Lipinski definition) is 0. The summed E-state index contributed by atoms with van der Waals surface area (Å²) in [5.41, 5.74) is 0. The van der Waals surface area contributed by atoms with Gasteiger partial charge in [-0.25, -0.2) is 13.6 Å². The first-order valence-corrected chi connectivity index (χ1v) is 3.29. The first kappa shape index (κ1) is 8.08. The highest BCUT2D eigenvalue weighted by atomic mass is 19.1. The molecule has 0 spiro atoms. The summed E-state index contributed by atoms with van der Waals surface area (Å²) < 4.78 is 25.1. The molecule has 60 valence electrons. The van der Waals surface area contributed by atoms with Crippen LogP contribution in [-0.4, -0.2) is 18.3 Å². The number of allylic oxidation sites excluding steroid dienone is 1. The van der Waals surface area contributed by atoms with E-state index in [4.69, 9.17) is 0 Å². The van der Waals surface area contributed by atoms with Gasteiger partial charge in [0.05, 0.1) is 11.9 Å². The van der Waals surface area contributed by atoms with Crippen LogP contribution in [0.1, 0.15) is 12.8 Å². The summed E-state index contributed by atoms with van der Waals surface area (Å²) in [5, 5.41) is 0. The van der Waals surface area contributed by atoms with Crippen molar-refractivity contribution >= 4 is 6.08 Å². The second-order valence-corrected chi connectivity index (χ2v) is 2.39. The summed E-state index contributed by atoms with van der Waals surface area (Å²) in [6.45, 7) is 0. The van der Waals surface area contributed by atoms with Crippen LogP contribution in [0.5, 0.6) is 0 Å². The van der Waals surface area contributed by atoms with Crippen LogP contribution in [0, 0.1) is 0 Å². The molecule has 0 radical (unpaired) electrons. The SMILES string of the molecule is O=C=N[C@@H]1CC=C(F)C[C@@H]1F. The number of aliphatic imine (C=N–C) groups is 1. The zero-order valence-electron chi connectivity index (χ0n) is 5.76. The first-order chi connectivity index (χ1) is 5.24. The summed E-state index contributed by atoms with van der Waals surface area (Å²) >= 11 is 0. The molecule has 2 atom stereocenters. The van der Waals surface area contributed by atoms with Crippen LogP contribution in [-0.2, 0) is 4.79 Å². The second kappa shape index (κ2) is 3.39. The van der Waals surface area contributed by atoms with Crippen LogP contribution in [0.15, 0.2) is 16.9 Å². The zero-order valence-corrected chi connectivity index (χ0v) is 5.76. The molecule has 0 bridgehead atoms. The Bertz CT molecular complexity index is 220. The average Bonchev–Trinajstić information content (AvgIpc) is 1.95. The van der Waals surface area contributed by atoms with Crippen LogP contribution in [0.2, 0.25) is 0 Å². The Morgan fingerprint density at radius 2 is 2.45 bits per heavy atom. The zero-order chi connectivity index (χ0) is 8.27. The topological polar surface area (TPSA) is 29.4 Å². The smallest absolute Gasteiger partial charge is 0.235 e. The Kier molecular flexibility index (Phi) is 2.49. The molecule has 0 aliphatic heterocycles. The lowest BCUT2D eigenvalue weighted by Crippen LogP contribution is -2.22. The molecule has 4 heteroatoms. The third-order valence-corrected chi connectivity index (χ3v) is 1.61. The molecule has 0 saturated carbocycles. The van der Waals surface area contributed by atoms with Gasteiger partial charge in [-0.05, 0) is 6.42 Å². The molecule has 1 aliphatic carbocycles. The van der Waals surface area contributed by atoms with E-state index < -0.39 is 18.0 Å². The van der Waals surface area contributed by atoms with E-state index in [1.54, 1.807) is 0 Å². The quantitative estimate of drug-likeness (QED) is 0.422. The third kappa shape index (κ3) is 1.95. The molecule has 1 aliphatic rings. The molecular weight excluding hydrogens is 152 g/mol. The monoisotopic (exact) mass is 159 g/mol. The minimum Gasteiger partial charge on any atom is -0.245 e. The van der Waals surface area contributed by atoms with Crippen molar-refractivity contribution in [2.24, 2.45) is 4.99 Å². The average molecular weight is 159 g/mol. The van der Waals surface area contributed by atoms with Crippen LogP contribution in [0.25, 0.3) is 0 Å². The Morgan fingerprint density at radius 3 is 3.00 bits per heavy atom. The number of carbonyl (C=O) groups excluding carboxylic acids is 1. The van der Waals surface area contributed by atoms with Crippen molar-refractivity contribution in [1.29, 1.82) is 0 Å². The normalized spacial score (nSPS) is 30.5. The van der Waals surface area contributed by atoms with E-state index in [0.29, 0.717) is 0 Å². The largest absolute Gasteiger partial charge is 0.245 e. The Labute approximate surface area is 62.6 Å². The van der Waals surface area contributed by atoms with Gasteiger partial charge in [0.2, 0.25) is 6.08 Å². The van der Waals surface area contributed by atoms with Gasteiger partial charge in [-0.15, -0.1) is 0 Å². The van der Waals surface area contributed by atoms with Crippen molar-refractivity contribution in [2.75, 3.05) is 0 Å². The van der Waals surface area contributed by atoms with E-state index in [0.717, 1.165) is 0 Å². The summed E-state index contributed by atoms with van der Waals surface area (Å²) in [7, 11) is 0. The van der Waals surface area contributed by atoms with E-state index in [-0.39, 0.29) is 12.8 Å². The number of alkyl halides is 1. The van der Waals surface area contributed by atoms with Gasteiger partial charge in [0.15, 0.2) is 0 Å². The molecule has 11 heavy (non-hydrogen) atoms. The number of isocyanates is 1. The summed E-state index contributed by atoms with van der Waals surface area (Å²) in [6.07, 6.45) is 1.03. The predicted molar refractivity (Wildman–Crippen MR) is 35.2 cm³/mol. The third-order valence-electron chi connectivity index (χ3n) is 1.61. The molecular formula is C7H7F2NO. The van der Waals surface area contributed by atoms with Crippen molar-refractivity contribution in [3.8, 4) is 0 Å². The maximum absolute atomic E-state index is 12.7. The van der Waals surface area contributed by atoms with Gasteiger partial charge in [-0.2, -0.15) is 4.99 Å². The Hall–Kier alpha value is -1.02. The molecule has 0 unspecified atom stereocenters. The second-order valence-electron chi connectivity index (χ2n) is 2.39. The van der Waals surface area contributed by atoms with Crippen molar-refractivity contribution in [3.63, 3.8) is 0 Å². The van der Waals surface area contributed by atoms with Gasteiger partial charge in [0.25, 0.3) is 0 Å². The van der Waals surface area contributed by atoms with Crippen molar-refractivity contribution in [1.82, 2.24) is 0 Å². The fourth-order valence-electron chi connectivity index (χ4n) is 1.00. The van der Waals surface area contributed by atoms with Crippen molar-refractivity contribution < 1.29 is 13.6 Å². The molecule has 0 aromatic rings. The van der Waals surface area contributed by atoms with Gasteiger partial charge in [-0.3, -0.25) is 0 Å². The minimum absolute atomic E-state index is 0.155. The standard InChI is InChI=1S/C7H7F2NO/c8-5-1-2-7(10-4-11)6(9)3-5/h1,6-7H,2-3H2/t6-,7+/m0/s1. The van der Waals surface area contributed by atoms with E-state index in [9.17, 15) is 13.6 Å². The number of hydrogen-bond acceptors (Lipinski definition) is 2. The summed E-state index contributed by atoms with van der Waals surface area (Å²) in [6, 6.07) is -0.730.